The zero-order valence-electron chi connectivity index (χ0n) is 10.1. The van der Waals surface area contributed by atoms with E-state index in [2.05, 4.69) is 10.1 Å². The molecule has 5 nitrogen and oxygen atoms in total. The van der Waals surface area contributed by atoms with Gasteiger partial charge in [-0.05, 0) is 7.05 Å². The number of H-pyrrole nitrogens is 1. The molecule has 0 fully saturated rings. The minimum absolute atomic E-state index is 0.0707. The average Bonchev–Trinajstić information content (AvgIpc) is 2.67. The summed E-state index contributed by atoms with van der Waals surface area (Å²) in [5.74, 6) is 0. The SMILES string of the molecule is CN1CCc2[nH]n3c(=O)cc(C(F)(F)F)nc3c2C1. The van der Waals surface area contributed by atoms with Gasteiger partial charge in [-0.25, -0.2) is 9.50 Å². The zero-order chi connectivity index (χ0) is 13.8. The van der Waals surface area contributed by atoms with Gasteiger partial charge < -0.3 is 4.90 Å². The normalized spacial score (nSPS) is 16.8. The van der Waals surface area contributed by atoms with Gasteiger partial charge in [0.25, 0.3) is 5.56 Å². The van der Waals surface area contributed by atoms with Crippen molar-refractivity contribution in [3.05, 3.63) is 33.4 Å². The van der Waals surface area contributed by atoms with Crippen LogP contribution >= 0.6 is 0 Å². The number of hydrogen-bond acceptors (Lipinski definition) is 3. The van der Waals surface area contributed by atoms with E-state index in [9.17, 15) is 18.0 Å². The van der Waals surface area contributed by atoms with Gasteiger partial charge in [-0.1, -0.05) is 0 Å². The lowest BCUT2D eigenvalue weighted by atomic mass is 10.1. The van der Waals surface area contributed by atoms with Crippen LogP contribution in [0.2, 0.25) is 0 Å². The Morgan fingerprint density at radius 2 is 2.16 bits per heavy atom. The van der Waals surface area contributed by atoms with Crippen LogP contribution in [0.3, 0.4) is 0 Å². The van der Waals surface area contributed by atoms with Crippen molar-refractivity contribution in [1.82, 2.24) is 19.5 Å². The number of nitrogens with one attached hydrogen (secondary N) is 1. The molecule has 0 aromatic carbocycles. The van der Waals surface area contributed by atoms with E-state index in [4.69, 9.17) is 0 Å². The molecule has 2 aromatic rings. The fraction of sp³-hybridized carbons (Fsp3) is 0.455. The van der Waals surface area contributed by atoms with Crippen molar-refractivity contribution in [3.63, 3.8) is 0 Å². The van der Waals surface area contributed by atoms with Gasteiger partial charge in [0, 0.05) is 36.8 Å². The number of aromatic nitrogens is 3. The molecule has 1 N–H and O–H groups in total. The van der Waals surface area contributed by atoms with Crippen LogP contribution < -0.4 is 5.56 Å². The van der Waals surface area contributed by atoms with Gasteiger partial charge in [-0.2, -0.15) is 13.2 Å². The predicted octanol–water partition coefficient (Wildman–Crippen LogP) is 1.03. The van der Waals surface area contributed by atoms with E-state index >= 15 is 0 Å². The zero-order valence-corrected chi connectivity index (χ0v) is 10.1. The van der Waals surface area contributed by atoms with Gasteiger partial charge >= 0.3 is 6.18 Å². The Morgan fingerprint density at radius 1 is 1.42 bits per heavy atom. The summed E-state index contributed by atoms with van der Waals surface area (Å²) in [6, 6.07) is 0.513. The largest absolute Gasteiger partial charge is 0.433 e. The minimum atomic E-state index is -4.61. The van der Waals surface area contributed by atoms with Gasteiger partial charge in [-0.15, -0.1) is 0 Å². The quantitative estimate of drug-likeness (QED) is 0.779. The lowest BCUT2D eigenvalue weighted by molar-refractivity contribution is -0.141. The molecule has 0 radical (unpaired) electrons. The van der Waals surface area contributed by atoms with Gasteiger partial charge in [0.2, 0.25) is 0 Å². The first-order valence-corrected chi connectivity index (χ1v) is 5.75. The molecule has 0 aliphatic carbocycles. The third-order valence-corrected chi connectivity index (χ3v) is 3.26. The molecular weight excluding hydrogens is 261 g/mol. The number of fused-ring (bicyclic) bond motifs is 3. The molecule has 2 aromatic heterocycles. The predicted molar refractivity (Wildman–Crippen MR) is 60.9 cm³/mol. The fourth-order valence-electron chi connectivity index (χ4n) is 2.30. The molecule has 102 valence electrons. The molecule has 1 aliphatic heterocycles. The Kier molecular flexibility index (Phi) is 2.46. The number of halogens is 3. The maximum absolute atomic E-state index is 12.7. The Morgan fingerprint density at radius 3 is 2.84 bits per heavy atom. The molecule has 0 spiro atoms. The molecule has 0 amide bonds. The first kappa shape index (κ1) is 12.2. The van der Waals surface area contributed by atoms with Crippen molar-refractivity contribution >= 4 is 5.65 Å². The first-order valence-electron chi connectivity index (χ1n) is 5.75. The molecule has 0 unspecified atom stereocenters. The number of likely N-dealkylation sites (N-methyl/N-ethyl adjacent to an activating group) is 1. The second-order valence-electron chi connectivity index (χ2n) is 4.69. The summed E-state index contributed by atoms with van der Waals surface area (Å²) >= 11 is 0. The lowest BCUT2D eigenvalue weighted by Gasteiger charge is -2.21. The van der Waals surface area contributed by atoms with Gasteiger partial charge in [0.1, 0.15) is 0 Å². The van der Waals surface area contributed by atoms with E-state index in [1.165, 1.54) is 0 Å². The Labute approximate surface area is 105 Å². The first-order chi connectivity index (χ1) is 8.86. The van der Waals surface area contributed by atoms with E-state index in [1.807, 2.05) is 11.9 Å². The summed E-state index contributed by atoms with van der Waals surface area (Å²) in [6.07, 6.45) is -3.95. The fourth-order valence-corrected chi connectivity index (χ4v) is 2.30. The monoisotopic (exact) mass is 272 g/mol. The smallest absolute Gasteiger partial charge is 0.302 e. The second-order valence-corrected chi connectivity index (χ2v) is 4.69. The van der Waals surface area contributed by atoms with E-state index in [-0.39, 0.29) is 5.65 Å². The summed E-state index contributed by atoms with van der Waals surface area (Å²) < 4.78 is 39.1. The van der Waals surface area contributed by atoms with Crippen molar-refractivity contribution in [2.24, 2.45) is 0 Å². The van der Waals surface area contributed by atoms with E-state index in [0.29, 0.717) is 24.6 Å². The maximum Gasteiger partial charge on any atom is 0.433 e. The van der Waals surface area contributed by atoms with Gasteiger partial charge in [0.05, 0.1) is 0 Å². The van der Waals surface area contributed by atoms with Crippen molar-refractivity contribution in [2.45, 2.75) is 19.1 Å². The minimum Gasteiger partial charge on any atom is -0.302 e. The van der Waals surface area contributed by atoms with Crippen molar-refractivity contribution in [3.8, 4) is 0 Å². The third-order valence-electron chi connectivity index (χ3n) is 3.26. The van der Waals surface area contributed by atoms with Gasteiger partial charge in [-0.3, -0.25) is 9.89 Å². The van der Waals surface area contributed by atoms with Crippen LogP contribution in [-0.2, 0) is 19.1 Å². The number of aromatic amines is 1. The molecule has 8 heteroatoms. The van der Waals surface area contributed by atoms with Crippen molar-refractivity contribution in [2.75, 3.05) is 13.6 Å². The highest BCUT2D eigenvalue weighted by Crippen LogP contribution is 2.28. The number of hydrogen-bond donors (Lipinski definition) is 1. The van der Waals surface area contributed by atoms with Crippen molar-refractivity contribution < 1.29 is 13.2 Å². The Balaban J connectivity index is 2.29. The molecular formula is C11H11F3N4O. The number of alkyl halides is 3. The van der Waals surface area contributed by atoms with E-state index in [1.54, 1.807) is 0 Å². The average molecular weight is 272 g/mol. The van der Waals surface area contributed by atoms with Crippen LogP contribution in [0.25, 0.3) is 5.65 Å². The number of nitrogens with zero attached hydrogens (tertiary/aromatic N) is 3. The molecule has 3 rings (SSSR count). The molecule has 0 saturated carbocycles. The highest BCUT2D eigenvalue weighted by molar-refractivity contribution is 5.51. The standard InChI is InChI=1S/C11H11F3N4O/c1-17-3-2-7-6(5-17)10-15-8(11(12,13)14)4-9(19)18(10)16-7/h4,16H,2-3,5H2,1H3. The number of rotatable bonds is 0. The summed E-state index contributed by atoms with van der Waals surface area (Å²) in [5, 5.41) is 2.83. The Hall–Kier alpha value is -1.83. The van der Waals surface area contributed by atoms with Crippen molar-refractivity contribution in [1.29, 1.82) is 0 Å². The van der Waals surface area contributed by atoms with Crippen LogP contribution in [0.15, 0.2) is 10.9 Å². The van der Waals surface area contributed by atoms with Crippen LogP contribution in [0.4, 0.5) is 13.2 Å². The molecule has 0 saturated heterocycles. The van der Waals surface area contributed by atoms with Crippen LogP contribution in [0.5, 0.6) is 0 Å². The highest BCUT2D eigenvalue weighted by Gasteiger charge is 2.34. The van der Waals surface area contributed by atoms with Crippen LogP contribution in [-0.4, -0.2) is 33.1 Å². The molecule has 0 bridgehead atoms. The molecule has 19 heavy (non-hydrogen) atoms. The second kappa shape index (κ2) is 3.83. The molecule has 1 aliphatic rings. The maximum atomic E-state index is 12.7. The lowest BCUT2D eigenvalue weighted by Crippen LogP contribution is -2.26. The van der Waals surface area contributed by atoms with Crippen LogP contribution in [0, 0.1) is 0 Å². The van der Waals surface area contributed by atoms with Gasteiger partial charge in [0.15, 0.2) is 11.3 Å². The highest BCUT2D eigenvalue weighted by atomic mass is 19.4. The Bertz CT molecular complexity index is 700. The summed E-state index contributed by atoms with van der Waals surface area (Å²) in [5.41, 5.74) is -0.373. The summed E-state index contributed by atoms with van der Waals surface area (Å²) in [6.45, 7) is 1.27. The third kappa shape index (κ3) is 1.92. The topological polar surface area (TPSA) is 53.4 Å². The van der Waals surface area contributed by atoms with E-state index < -0.39 is 17.4 Å². The summed E-state index contributed by atoms with van der Waals surface area (Å²) in [4.78, 5) is 17.3. The summed E-state index contributed by atoms with van der Waals surface area (Å²) in [7, 11) is 1.87. The molecule has 0 atom stereocenters. The van der Waals surface area contributed by atoms with Crippen LogP contribution in [0.1, 0.15) is 17.0 Å². The molecule has 3 heterocycles. The van der Waals surface area contributed by atoms with E-state index in [0.717, 1.165) is 16.8 Å².